The Balaban J connectivity index is 1.37. The van der Waals surface area contributed by atoms with Crippen LogP contribution in [0.2, 0.25) is 0 Å². The van der Waals surface area contributed by atoms with E-state index in [2.05, 4.69) is 15.3 Å². The molecule has 3 aromatic carbocycles. The highest BCUT2D eigenvalue weighted by Gasteiger charge is 2.32. The van der Waals surface area contributed by atoms with Crippen molar-refractivity contribution in [1.82, 2.24) is 19.6 Å². The molecule has 15 nitrogen and oxygen atoms in total. The van der Waals surface area contributed by atoms with Crippen molar-refractivity contribution in [2.24, 2.45) is 17.7 Å². The van der Waals surface area contributed by atoms with Crippen LogP contribution in [0.3, 0.4) is 0 Å². The van der Waals surface area contributed by atoms with Crippen molar-refractivity contribution >= 4 is 60.0 Å². The van der Waals surface area contributed by atoms with Crippen LogP contribution in [-0.4, -0.2) is 72.1 Å². The summed E-state index contributed by atoms with van der Waals surface area (Å²) in [5, 5.41) is 14.6. The highest BCUT2D eigenvalue weighted by atomic mass is 32.2. The molecular weight excluding hydrogens is 731 g/mol. The highest BCUT2D eigenvalue weighted by molar-refractivity contribution is 7.89. The Kier molecular flexibility index (Phi) is 12.8. The standard InChI is InChI=1S/C34H39N7O8S3/c1-21(2)17-41(18-30(42)29(11-22-7-5-4-6-8-22)39-34(44)47-19-26-16-37-20-50-26)52(45,46)27-9-10-28-31(15-27)51-33(38-28)40(3)32(43)23-12-24(48-35)14-25(13-23)49-36/h4-10,12-16,20-21,29-30,42H,11,17-19,35-36H2,1-3H3,(H,39,44)/t29-,30+/m0/s1. The molecular formula is C34H39N7O8S3. The summed E-state index contributed by atoms with van der Waals surface area (Å²) in [6.45, 7) is 3.53. The van der Waals surface area contributed by atoms with Crippen LogP contribution in [0.25, 0.3) is 10.2 Å². The summed E-state index contributed by atoms with van der Waals surface area (Å²) in [6.07, 6.45) is -0.247. The number of anilines is 1. The molecule has 5 rings (SSSR count). The third kappa shape index (κ3) is 9.59. The molecule has 0 fully saturated rings. The van der Waals surface area contributed by atoms with E-state index in [1.807, 2.05) is 44.2 Å². The summed E-state index contributed by atoms with van der Waals surface area (Å²) in [4.78, 5) is 46.2. The predicted molar refractivity (Wildman–Crippen MR) is 197 cm³/mol. The fraction of sp³-hybridized carbons (Fsp3) is 0.294. The number of nitrogens with two attached hydrogens (primary N) is 2. The molecule has 0 saturated carbocycles. The number of amides is 2. The maximum atomic E-state index is 14.2. The largest absolute Gasteiger partial charge is 0.444 e. The third-order valence-electron chi connectivity index (χ3n) is 7.83. The van der Waals surface area contributed by atoms with Crippen molar-refractivity contribution in [3.05, 3.63) is 94.4 Å². The quantitative estimate of drug-likeness (QED) is 0.105. The van der Waals surface area contributed by atoms with Gasteiger partial charge in [-0.05, 0) is 48.2 Å². The molecule has 6 N–H and O–H groups in total. The molecule has 0 unspecified atom stereocenters. The maximum absolute atomic E-state index is 14.2. The number of rotatable bonds is 16. The number of aliphatic hydroxyl groups excluding tert-OH is 1. The van der Waals surface area contributed by atoms with Crippen molar-refractivity contribution in [2.75, 3.05) is 25.0 Å². The van der Waals surface area contributed by atoms with E-state index < -0.39 is 34.2 Å². The fourth-order valence-electron chi connectivity index (χ4n) is 5.27. The van der Waals surface area contributed by atoms with Crippen molar-refractivity contribution in [3.63, 3.8) is 0 Å². The molecule has 52 heavy (non-hydrogen) atoms. The van der Waals surface area contributed by atoms with Gasteiger partial charge in [0.05, 0.1) is 37.6 Å². The van der Waals surface area contributed by atoms with E-state index in [0.29, 0.717) is 15.3 Å². The molecule has 5 aromatic rings. The Hall–Kier alpha value is -4.69. The molecule has 2 atom stereocenters. The van der Waals surface area contributed by atoms with E-state index in [9.17, 15) is 23.1 Å². The molecule has 0 bridgehead atoms. The van der Waals surface area contributed by atoms with Gasteiger partial charge in [0.1, 0.15) is 6.61 Å². The van der Waals surface area contributed by atoms with Gasteiger partial charge in [-0.1, -0.05) is 55.5 Å². The Bertz CT molecular complexity index is 2060. The lowest BCUT2D eigenvalue weighted by Gasteiger charge is -2.30. The zero-order valence-corrected chi connectivity index (χ0v) is 31.0. The number of sulfonamides is 1. The van der Waals surface area contributed by atoms with Crippen LogP contribution in [0.15, 0.2) is 83.3 Å². The van der Waals surface area contributed by atoms with Gasteiger partial charge in [-0.25, -0.2) is 18.2 Å². The molecule has 276 valence electrons. The highest BCUT2D eigenvalue weighted by Crippen LogP contribution is 2.33. The van der Waals surface area contributed by atoms with E-state index in [-0.39, 0.29) is 54.0 Å². The normalized spacial score (nSPS) is 12.8. The lowest BCUT2D eigenvalue weighted by molar-refractivity contribution is 0.0876. The number of thiazole rings is 2. The van der Waals surface area contributed by atoms with Crippen molar-refractivity contribution in [2.45, 2.75) is 43.9 Å². The number of benzene rings is 3. The molecule has 0 spiro atoms. The van der Waals surface area contributed by atoms with Crippen LogP contribution >= 0.6 is 22.7 Å². The molecule has 2 amide bonds. The smallest absolute Gasteiger partial charge is 0.407 e. The van der Waals surface area contributed by atoms with E-state index in [1.54, 1.807) is 17.8 Å². The van der Waals surface area contributed by atoms with Gasteiger partial charge in [0.15, 0.2) is 16.6 Å². The topological polar surface area (TPSA) is 213 Å². The third-order valence-corrected chi connectivity index (χ3v) is 11.5. The number of fused-ring (bicyclic) bond motifs is 1. The summed E-state index contributed by atoms with van der Waals surface area (Å²) < 4.78 is 35.5. The van der Waals surface area contributed by atoms with Crippen LogP contribution in [0.4, 0.5) is 9.93 Å². The summed E-state index contributed by atoms with van der Waals surface area (Å²) in [7, 11) is -2.65. The number of carbonyl (C=O) groups excluding carboxylic acids is 2. The number of nitrogens with zero attached hydrogens (tertiary/aromatic N) is 4. The van der Waals surface area contributed by atoms with Gasteiger partial charge in [0, 0.05) is 38.0 Å². The van der Waals surface area contributed by atoms with Crippen LogP contribution in [-0.2, 0) is 27.8 Å². The van der Waals surface area contributed by atoms with E-state index in [0.717, 1.165) is 21.8 Å². The first kappa shape index (κ1) is 38.5. The van der Waals surface area contributed by atoms with Crippen LogP contribution in [0.1, 0.15) is 34.6 Å². The van der Waals surface area contributed by atoms with Crippen molar-refractivity contribution < 1.29 is 37.5 Å². The maximum Gasteiger partial charge on any atom is 0.407 e. The van der Waals surface area contributed by atoms with Gasteiger partial charge in [0.25, 0.3) is 5.91 Å². The zero-order chi connectivity index (χ0) is 37.4. The Morgan fingerprint density at radius 2 is 1.71 bits per heavy atom. The van der Waals surface area contributed by atoms with Crippen LogP contribution in [0.5, 0.6) is 11.5 Å². The SMILES string of the molecule is CC(C)CN(C[C@@H](O)[C@H](Cc1ccccc1)NC(=O)OCc1cncs1)S(=O)(=O)c1ccc2nc(N(C)C(=O)c3cc(ON)cc(ON)c3)sc2c1. The number of ether oxygens (including phenoxy) is 1. The minimum atomic E-state index is -4.17. The molecule has 0 aliphatic heterocycles. The average Bonchev–Trinajstić information content (AvgIpc) is 3.83. The number of hydrogen-bond acceptors (Lipinski definition) is 14. The zero-order valence-electron chi connectivity index (χ0n) is 28.5. The molecule has 0 radical (unpaired) electrons. The summed E-state index contributed by atoms with van der Waals surface area (Å²) >= 11 is 2.46. The van der Waals surface area contributed by atoms with Gasteiger partial charge in [-0.2, -0.15) is 16.1 Å². The molecule has 2 heterocycles. The first-order valence-electron chi connectivity index (χ1n) is 16.0. The monoisotopic (exact) mass is 769 g/mol. The van der Waals surface area contributed by atoms with E-state index in [4.69, 9.17) is 26.2 Å². The van der Waals surface area contributed by atoms with Gasteiger partial charge < -0.3 is 24.8 Å². The predicted octanol–water partition coefficient (Wildman–Crippen LogP) is 4.08. The Morgan fingerprint density at radius 3 is 2.35 bits per heavy atom. The molecule has 0 saturated heterocycles. The number of nitrogens with one attached hydrogen (secondary N) is 1. The first-order chi connectivity index (χ1) is 24.9. The van der Waals surface area contributed by atoms with Gasteiger partial charge in [-0.15, -0.1) is 11.3 Å². The average molecular weight is 770 g/mol. The minimum Gasteiger partial charge on any atom is -0.444 e. The molecule has 0 aliphatic carbocycles. The number of hydrogen-bond donors (Lipinski definition) is 4. The summed E-state index contributed by atoms with van der Waals surface area (Å²) in [6, 6.07) is 17.1. The van der Waals surface area contributed by atoms with Crippen LogP contribution in [0, 0.1) is 5.92 Å². The van der Waals surface area contributed by atoms with E-state index >= 15 is 0 Å². The Morgan fingerprint density at radius 1 is 1.00 bits per heavy atom. The molecule has 2 aromatic heterocycles. The number of carbonyl (C=O) groups is 2. The second kappa shape index (κ2) is 17.2. The Labute approximate surface area is 308 Å². The molecule has 0 aliphatic rings. The number of aliphatic hydroxyl groups is 1. The minimum absolute atomic E-state index is 0.00480. The summed E-state index contributed by atoms with van der Waals surface area (Å²) in [5.41, 5.74) is 3.10. The first-order valence-corrected chi connectivity index (χ1v) is 19.1. The van der Waals surface area contributed by atoms with E-state index in [1.165, 1.54) is 57.9 Å². The van der Waals surface area contributed by atoms with Crippen molar-refractivity contribution in [1.29, 1.82) is 0 Å². The second-order valence-electron chi connectivity index (χ2n) is 12.2. The number of aromatic nitrogens is 2. The summed E-state index contributed by atoms with van der Waals surface area (Å²) in [5.74, 6) is 10.3. The lowest BCUT2D eigenvalue weighted by Crippen LogP contribution is -2.51. The fourth-order valence-corrected chi connectivity index (χ4v) is 8.46. The van der Waals surface area contributed by atoms with Crippen LogP contribution < -0.4 is 31.7 Å². The molecule has 18 heteroatoms. The van der Waals surface area contributed by atoms with Gasteiger partial charge in [0.2, 0.25) is 10.0 Å². The number of alkyl carbamates (subject to hydrolysis) is 1. The lowest BCUT2D eigenvalue weighted by atomic mass is 10.0. The van der Waals surface area contributed by atoms with Gasteiger partial charge in [-0.3, -0.25) is 14.7 Å². The second-order valence-corrected chi connectivity index (χ2v) is 16.1. The van der Waals surface area contributed by atoms with Gasteiger partial charge >= 0.3 is 6.09 Å². The van der Waals surface area contributed by atoms with Crippen molar-refractivity contribution in [3.8, 4) is 11.5 Å².